The minimum Gasteiger partial charge on any atom is -0.326 e. The molecular formula is C12H16BrClN2O. The van der Waals surface area contributed by atoms with Gasteiger partial charge in [0.15, 0.2) is 0 Å². The van der Waals surface area contributed by atoms with Crippen LogP contribution in [0.4, 0.5) is 5.69 Å². The van der Waals surface area contributed by atoms with Crippen LogP contribution in [0.3, 0.4) is 0 Å². The second-order valence-corrected chi connectivity index (χ2v) is 5.95. The Hall–Kier alpha value is -0.580. The number of benzene rings is 1. The van der Waals surface area contributed by atoms with Crippen molar-refractivity contribution in [2.75, 3.05) is 5.32 Å². The van der Waals surface area contributed by atoms with Gasteiger partial charge in [-0.1, -0.05) is 11.6 Å². The molecule has 0 aromatic heterocycles. The summed E-state index contributed by atoms with van der Waals surface area (Å²) in [6, 6.07) is 5.26. The maximum Gasteiger partial charge on any atom is 0.224 e. The normalized spacial score (nSPS) is 11.4. The number of carbonyl (C=O) groups excluding carboxylic acids is 1. The van der Waals surface area contributed by atoms with Gasteiger partial charge in [-0.3, -0.25) is 4.79 Å². The van der Waals surface area contributed by atoms with E-state index in [1.54, 1.807) is 18.2 Å². The van der Waals surface area contributed by atoms with Crippen LogP contribution in [0.15, 0.2) is 22.7 Å². The number of hydrogen-bond acceptors (Lipinski definition) is 2. The smallest absolute Gasteiger partial charge is 0.224 e. The van der Waals surface area contributed by atoms with E-state index in [1.165, 1.54) is 0 Å². The predicted octanol–water partition coefficient (Wildman–Crippen LogP) is 3.56. The topological polar surface area (TPSA) is 55.1 Å². The monoisotopic (exact) mass is 318 g/mol. The first-order valence-electron chi connectivity index (χ1n) is 5.32. The van der Waals surface area contributed by atoms with Gasteiger partial charge in [0, 0.05) is 21.5 Å². The molecule has 3 nitrogen and oxygen atoms in total. The van der Waals surface area contributed by atoms with Crippen LogP contribution in [-0.4, -0.2) is 11.4 Å². The third-order valence-corrected chi connectivity index (χ3v) is 3.13. The standard InChI is InChI=1S/C12H16BrClN2O/c1-12(2,15)6-5-11(17)16-10-7-8(14)3-4-9(10)13/h3-4,7H,5-6,15H2,1-2H3,(H,16,17). The van der Waals surface area contributed by atoms with Gasteiger partial charge in [0.05, 0.1) is 5.69 Å². The largest absolute Gasteiger partial charge is 0.326 e. The van der Waals surface area contributed by atoms with Gasteiger partial charge in [-0.15, -0.1) is 0 Å². The fourth-order valence-electron chi connectivity index (χ4n) is 1.24. The van der Waals surface area contributed by atoms with Crippen molar-refractivity contribution in [3.05, 3.63) is 27.7 Å². The number of nitrogens with two attached hydrogens (primary N) is 1. The lowest BCUT2D eigenvalue weighted by Crippen LogP contribution is -2.33. The number of carbonyl (C=O) groups is 1. The van der Waals surface area contributed by atoms with Crippen molar-refractivity contribution < 1.29 is 4.79 Å². The molecule has 0 heterocycles. The Labute approximate surface area is 115 Å². The van der Waals surface area contributed by atoms with E-state index < -0.39 is 0 Å². The molecule has 0 aliphatic heterocycles. The van der Waals surface area contributed by atoms with Crippen LogP contribution in [0.5, 0.6) is 0 Å². The second-order valence-electron chi connectivity index (χ2n) is 4.66. The zero-order valence-electron chi connectivity index (χ0n) is 9.89. The average Bonchev–Trinajstić information content (AvgIpc) is 2.20. The van der Waals surface area contributed by atoms with Crippen LogP contribution in [-0.2, 0) is 4.79 Å². The molecule has 1 rings (SSSR count). The average molecular weight is 320 g/mol. The molecule has 0 saturated carbocycles. The van der Waals surface area contributed by atoms with Crippen molar-refractivity contribution in [2.24, 2.45) is 5.73 Å². The molecule has 0 fully saturated rings. The van der Waals surface area contributed by atoms with Gasteiger partial charge < -0.3 is 11.1 Å². The molecule has 0 unspecified atom stereocenters. The van der Waals surface area contributed by atoms with Gasteiger partial charge in [-0.25, -0.2) is 0 Å². The van der Waals surface area contributed by atoms with Crippen LogP contribution < -0.4 is 11.1 Å². The number of anilines is 1. The number of nitrogens with one attached hydrogen (secondary N) is 1. The number of halogens is 2. The van der Waals surface area contributed by atoms with Crippen molar-refractivity contribution in [1.82, 2.24) is 0 Å². The minimum absolute atomic E-state index is 0.0634. The van der Waals surface area contributed by atoms with Crippen molar-refractivity contribution >= 4 is 39.1 Å². The summed E-state index contributed by atoms with van der Waals surface area (Å²) in [5.74, 6) is -0.0634. The Morgan fingerprint density at radius 3 is 2.76 bits per heavy atom. The molecular weight excluding hydrogens is 304 g/mol. The van der Waals surface area contributed by atoms with Gasteiger partial charge in [-0.2, -0.15) is 0 Å². The zero-order chi connectivity index (χ0) is 13.1. The van der Waals surface area contributed by atoms with E-state index in [0.29, 0.717) is 23.6 Å². The van der Waals surface area contributed by atoms with E-state index >= 15 is 0 Å². The molecule has 94 valence electrons. The van der Waals surface area contributed by atoms with E-state index in [9.17, 15) is 4.79 Å². The Bertz CT molecular complexity index is 415. The Morgan fingerprint density at radius 1 is 1.53 bits per heavy atom. The third kappa shape index (κ3) is 5.52. The van der Waals surface area contributed by atoms with Gasteiger partial charge in [-0.05, 0) is 54.4 Å². The molecule has 0 radical (unpaired) electrons. The summed E-state index contributed by atoms with van der Waals surface area (Å²) in [7, 11) is 0. The maximum absolute atomic E-state index is 11.7. The van der Waals surface area contributed by atoms with E-state index in [4.69, 9.17) is 17.3 Å². The van der Waals surface area contributed by atoms with Crippen LogP contribution in [0, 0.1) is 0 Å². The highest BCUT2D eigenvalue weighted by Gasteiger charge is 2.14. The molecule has 0 bridgehead atoms. The lowest BCUT2D eigenvalue weighted by molar-refractivity contribution is -0.116. The van der Waals surface area contributed by atoms with E-state index in [2.05, 4.69) is 21.2 Å². The molecule has 0 atom stereocenters. The first-order chi connectivity index (χ1) is 7.78. The van der Waals surface area contributed by atoms with Gasteiger partial charge in [0.2, 0.25) is 5.91 Å². The fourth-order valence-corrected chi connectivity index (χ4v) is 1.76. The molecule has 0 saturated heterocycles. The molecule has 0 spiro atoms. The Morgan fingerprint density at radius 2 is 2.18 bits per heavy atom. The molecule has 5 heteroatoms. The summed E-state index contributed by atoms with van der Waals surface area (Å²) in [6.07, 6.45) is 1.03. The van der Waals surface area contributed by atoms with Crippen LogP contribution in [0.25, 0.3) is 0 Å². The van der Waals surface area contributed by atoms with Crippen molar-refractivity contribution in [2.45, 2.75) is 32.2 Å². The molecule has 3 N–H and O–H groups in total. The number of hydrogen-bond donors (Lipinski definition) is 2. The summed E-state index contributed by atoms with van der Waals surface area (Å²) in [6.45, 7) is 3.80. The first kappa shape index (κ1) is 14.5. The van der Waals surface area contributed by atoms with Crippen molar-refractivity contribution in [3.8, 4) is 0 Å². The number of rotatable bonds is 4. The van der Waals surface area contributed by atoms with Crippen LogP contribution in [0.2, 0.25) is 5.02 Å². The molecule has 1 amide bonds. The van der Waals surface area contributed by atoms with Crippen molar-refractivity contribution in [1.29, 1.82) is 0 Å². The van der Waals surface area contributed by atoms with E-state index in [1.807, 2.05) is 13.8 Å². The highest BCUT2D eigenvalue weighted by Crippen LogP contribution is 2.26. The molecule has 0 aliphatic carbocycles. The quantitative estimate of drug-likeness (QED) is 0.891. The Balaban J connectivity index is 2.59. The Kier molecular flexibility index (Phi) is 4.98. The minimum atomic E-state index is -0.330. The first-order valence-corrected chi connectivity index (χ1v) is 6.49. The summed E-state index contributed by atoms with van der Waals surface area (Å²) in [5.41, 5.74) is 6.17. The summed E-state index contributed by atoms with van der Waals surface area (Å²) < 4.78 is 0.808. The predicted molar refractivity (Wildman–Crippen MR) is 75.3 cm³/mol. The highest BCUT2D eigenvalue weighted by molar-refractivity contribution is 9.10. The van der Waals surface area contributed by atoms with E-state index in [0.717, 1.165) is 4.47 Å². The highest BCUT2D eigenvalue weighted by atomic mass is 79.9. The molecule has 17 heavy (non-hydrogen) atoms. The molecule has 1 aromatic rings. The fraction of sp³-hybridized carbons (Fsp3) is 0.417. The summed E-state index contributed by atoms with van der Waals surface area (Å²) in [4.78, 5) is 11.7. The SMILES string of the molecule is CC(C)(N)CCC(=O)Nc1cc(Cl)ccc1Br. The van der Waals surface area contributed by atoms with Gasteiger partial charge in [0.1, 0.15) is 0 Å². The third-order valence-electron chi connectivity index (χ3n) is 2.20. The van der Waals surface area contributed by atoms with Crippen molar-refractivity contribution in [3.63, 3.8) is 0 Å². The van der Waals surface area contributed by atoms with Gasteiger partial charge in [0.25, 0.3) is 0 Å². The lowest BCUT2D eigenvalue weighted by Gasteiger charge is -2.17. The lowest BCUT2D eigenvalue weighted by atomic mass is 10.00. The van der Waals surface area contributed by atoms with Gasteiger partial charge >= 0.3 is 0 Å². The van der Waals surface area contributed by atoms with Crippen LogP contribution in [0.1, 0.15) is 26.7 Å². The molecule has 0 aliphatic rings. The summed E-state index contributed by atoms with van der Waals surface area (Å²) in [5, 5.41) is 3.38. The zero-order valence-corrected chi connectivity index (χ0v) is 12.2. The van der Waals surface area contributed by atoms with Crippen LogP contribution >= 0.6 is 27.5 Å². The number of amides is 1. The maximum atomic E-state index is 11.7. The molecule has 1 aromatic carbocycles. The second kappa shape index (κ2) is 5.85. The summed E-state index contributed by atoms with van der Waals surface area (Å²) >= 11 is 9.21. The van der Waals surface area contributed by atoms with E-state index in [-0.39, 0.29) is 11.4 Å².